The predicted molar refractivity (Wildman–Crippen MR) is 220 cm³/mol. The van der Waals surface area contributed by atoms with E-state index in [1.165, 1.54) is 43.8 Å². The van der Waals surface area contributed by atoms with Crippen molar-refractivity contribution in [2.45, 2.75) is 0 Å². The molecule has 0 spiro atoms. The van der Waals surface area contributed by atoms with Gasteiger partial charge in [-0.3, -0.25) is 0 Å². The van der Waals surface area contributed by atoms with E-state index in [1.807, 2.05) is 12.1 Å². The third-order valence-electron chi connectivity index (χ3n) is 10.3. The van der Waals surface area contributed by atoms with Gasteiger partial charge in [-0.05, 0) is 68.6 Å². The minimum absolute atomic E-state index is 0.905. The molecule has 0 radical (unpaired) electrons. The number of fused-ring (bicyclic) bond motifs is 5. The zero-order valence-electron chi connectivity index (χ0n) is 28.4. The molecule has 10 aromatic rings. The molecule has 9 aromatic carbocycles. The van der Waals surface area contributed by atoms with Gasteiger partial charge in [0.05, 0.1) is 11.4 Å². The van der Waals surface area contributed by atoms with Gasteiger partial charge in [0.2, 0.25) is 0 Å². The average Bonchev–Trinajstić information content (AvgIpc) is 3.60. The minimum Gasteiger partial charge on any atom is -0.455 e. The third-order valence-corrected chi connectivity index (χ3v) is 10.3. The van der Waals surface area contributed by atoms with E-state index in [0.717, 1.165) is 50.1 Å². The fourth-order valence-corrected chi connectivity index (χ4v) is 7.89. The highest BCUT2D eigenvalue weighted by molar-refractivity contribution is 6.10. The fourth-order valence-electron chi connectivity index (χ4n) is 7.89. The summed E-state index contributed by atoms with van der Waals surface area (Å²) in [7, 11) is 0. The van der Waals surface area contributed by atoms with E-state index in [4.69, 9.17) is 4.42 Å². The standard InChI is InChI=1S/C50H33NO/c1-3-18-38-34(14-1)16-11-24-41(38)43-20-5-8-27-47(43)51(48-28-9-6-21-44(48)42-25-12-17-35-15-2-4-19-39(35)42)37-32-30-36(31-33-37)40-23-13-26-46-45-22-7-10-29-49(45)52-50(40)46/h1-33H. The molecule has 1 aromatic heterocycles. The Hall–Kier alpha value is -6.90. The highest BCUT2D eigenvalue weighted by Gasteiger charge is 2.22. The maximum absolute atomic E-state index is 6.44. The predicted octanol–water partition coefficient (Wildman–Crippen LogP) is 14.4. The molecular formula is C50H33NO. The largest absolute Gasteiger partial charge is 0.455 e. The van der Waals surface area contributed by atoms with Gasteiger partial charge < -0.3 is 9.32 Å². The van der Waals surface area contributed by atoms with Crippen LogP contribution in [0.1, 0.15) is 0 Å². The first-order chi connectivity index (χ1) is 25.8. The quantitative estimate of drug-likeness (QED) is 0.176. The minimum atomic E-state index is 0.905. The maximum Gasteiger partial charge on any atom is 0.143 e. The smallest absolute Gasteiger partial charge is 0.143 e. The molecule has 0 unspecified atom stereocenters. The highest BCUT2D eigenvalue weighted by atomic mass is 16.3. The van der Waals surface area contributed by atoms with Crippen LogP contribution in [-0.2, 0) is 0 Å². The van der Waals surface area contributed by atoms with Crippen molar-refractivity contribution < 1.29 is 4.42 Å². The topological polar surface area (TPSA) is 16.4 Å². The number of anilines is 3. The summed E-state index contributed by atoms with van der Waals surface area (Å²) in [5, 5.41) is 7.18. The molecular weight excluding hydrogens is 631 g/mol. The lowest BCUT2D eigenvalue weighted by Gasteiger charge is -2.30. The number of hydrogen-bond donors (Lipinski definition) is 0. The van der Waals surface area contributed by atoms with Crippen molar-refractivity contribution in [3.8, 4) is 33.4 Å². The van der Waals surface area contributed by atoms with Gasteiger partial charge in [-0.1, -0.05) is 170 Å². The van der Waals surface area contributed by atoms with Crippen molar-refractivity contribution in [2.24, 2.45) is 0 Å². The Morgan fingerprint density at radius 3 is 1.38 bits per heavy atom. The second-order valence-corrected chi connectivity index (χ2v) is 13.3. The first kappa shape index (κ1) is 30.0. The normalized spacial score (nSPS) is 11.5. The van der Waals surface area contributed by atoms with Gasteiger partial charge in [0.1, 0.15) is 11.2 Å². The first-order valence-electron chi connectivity index (χ1n) is 17.8. The van der Waals surface area contributed by atoms with Gasteiger partial charge in [0.25, 0.3) is 0 Å². The van der Waals surface area contributed by atoms with Crippen molar-refractivity contribution in [1.29, 1.82) is 0 Å². The van der Waals surface area contributed by atoms with Crippen LogP contribution in [0.2, 0.25) is 0 Å². The van der Waals surface area contributed by atoms with E-state index >= 15 is 0 Å². The summed E-state index contributed by atoms with van der Waals surface area (Å²) in [6.07, 6.45) is 0. The zero-order chi connectivity index (χ0) is 34.4. The van der Waals surface area contributed by atoms with Crippen molar-refractivity contribution in [2.75, 3.05) is 4.90 Å². The summed E-state index contributed by atoms with van der Waals surface area (Å²) in [4.78, 5) is 2.43. The van der Waals surface area contributed by atoms with E-state index in [2.05, 4.69) is 193 Å². The Morgan fingerprint density at radius 2 is 0.750 bits per heavy atom. The van der Waals surface area contributed by atoms with Gasteiger partial charge in [-0.25, -0.2) is 0 Å². The Bertz CT molecular complexity index is 2780. The second kappa shape index (κ2) is 12.5. The third kappa shape index (κ3) is 4.96. The van der Waals surface area contributed by atoms with Gasteiger partial charge >= 0.3 is 0 Å². The summed E-state index contributed by atoms with van der Waals surface area (Å²) in [6, 6.07) is 71.7. The van der Waals surface area contributed by atoms with E-state index in [1.54, 1.807) is 0 Å². The molecule has 0 aliphatic rings. The average molecular weight is 664 g/mol. The summed E-state index contributed by atoms with van der Waals surface area (Å²) < 4.78 is 6.44. The van der Waals surface area contributed by atoms with Crippen molar-refractivity contribution in [3.05, 3.63) is 200 Å². The van der Waals surface area contributed by atoms with E-state index in [-0.39, 0.29) is 0 Å². The first-order valence-corrected chi connectivity index (χ1v) is 17.8. The number of furan rings is 1. The van der Waals surface area contributed by atoms with Crippen LogP contribution in [0.3, 0.4) is 0 Å². The molecule has 0 saturated carbocycles. The number of nitrogens with zero attached hydrogens (tertiary/aromatic N) is 1. The lowest BCUT2D eigenvalue weighted by Crippen LogP contribution is -2.12. The van der Waals surface area contributed by atoms with E-state index in [9.17, 15) is 0 Å². The fraction of sp³-hybridized carbons (Fsp3) is 0. The number of para-hydroxylation sites is 4. The molecule has 2 nitrogen and oxygen atoms in total. The number of benzene rings is 9. The van der Waals surface area contributed by atoms with Gasteiger partial charge in [-0.15, -0.1) is 0 Å². The molecule has 2 heteroatoms. The Balaban J connectivity index is 1.20. The Labute approximate surface area is 302 Å². The molecule has 0 saturated heterocycles. The molecule has 0 fully saturated rings. The molecule has 10 rings (SSSR count). The molecule has 0 atom stereocenters. The van der Waals surface area contributed by atoms with Gasteiger partial charge in [0, 0.05) is 33.2 Å². The molecule has 0 aliphatic heterocycles. The number of rotatable bonds is 6. The zero-order valence-corrected chi connectivity index (χ0v) is 28.4. The van der Waals surface area contributed by atoms with E-state index < -0.39 is 0 Å². The van der Waals surface area contributed by atoms with Crippen LogP contribution < -0.4 is 4.90 Å². The molecule has 244 valence electrons. The highest BCUT2D eigenvalue weighted by Crippen LogP contribution is 2.47. The lowest BCUT2D eigenvalue weighted by molar-refractivity contribution is 0.670. The Kier molecular flexibility index (Phi) is 7.18. The van der Waals surface area contributed by atoms with Crippen LogP contribution in [0.4, 0.5) is 17.1 Å². The second-order valence-electron chi connectivity index (χ2n) is 13.3. The summed E-state index contributed by atoms with van der Waals surface area (Å²) in [5.74, 6) is 0. The van der Waals surface area contributed by atoms with E-state index in [0.29, 0.717) is 0 Å². The monoisotopic (exact) mass is 663 g/mol. The lowest BCUT2D eigenvalue weighted by atomic mass is 9.94. The van der Waals surface area contributed by atoms with Gasteiger partial charge in [0.15, 0.2) is 0 Å². The summed E-state index contributed by atoms with van der Waals surface area (Å²) in [5.41, 5.74) is 12.0. The number of hydrogen-bond acceptors (Lipinski definition) is 2. The van der Waals surface area contributed by atoms with Crippen LogP contribution in [0.15, 0.2) is 205 Å². The molecule has 0 amide bonds. The van der Waals surface area contributed by atoms with Gasteiger partial charge in [-0.2, -0.15) is 0 Å². The van der Waals surface area contributed by atoms with Crippen molar-refractivity contribution in [1.82, 2.24) is 0 Å². The molecule has 0 N–H and O–H groups in total. The maximum atomic E-state index is 6.44. The Morgan fingerprint density at radius 1 is 0.308 bits per heavy atom. The van der Waals surface area contributed by atoms with Crippen LogP contribution >= 0.6 is 0 Å². The molecule has 0 aliphatic carbocycles. The summed E-state index contributed by atoms with van der Waals surface area (Å²) >= 11 is 0. The molecule has 1 heterocycles. The molecule has 52 heavy (non-hydrogen) atoms. The van der Waals surface area contributed by atoms with Crippen molar-refractivity contribution >= 4 is 60.5 Å². The van der Waals surface area contributed by atoms with Crippen LogP contribution in [-0.4, -0.2) is 0 Å². The van der Waals surface area contributed by atoms with Crippen LogP contribution in [0.25, 0.3) is 76.9 Å². The SMILES string of the molecule is c1ccc(N(c2ccc(-c3cccc4c3oc3ccccc34)cc2)c2ccccc2-c2cccc3ccccc23)c(-c2cccc3ccccc23)c1. The van der Waals surface area contributed by atoms with Crippen LogP contribution in [0.5, 0.6) is 0 Å². The summed E-state index contributed by atoms with van der Waals surface area (Å²) in [6.45, 7) is 0. The van der Waals surface area contributed by atoms with Crippen LogP contribution in [0, 0.1) is 0 Å². The molecule has 0 bridgehead atoms. The van der Waals surface area contributed by atoms with Crippen molar-refractivity contribution in [3.63, 3.8) is 0 Å².